The van der Waals surface area contributed by atoms with Crippen LogP contribution in [0, 0.1) is 0 Å². The standard InChI is InChI=1S/C22H25Cl3N2O2/c1-14(21(29)26-22(2,3)4)27(13-16-9-10-17(23)12-19(16)25)20(28)11-15-7-5-6-8-18(15)24/h5-10,12,14H,11,13H2,1-4H3,(H,26,29)/t14-/m0/s1. The minimum Gasteiger partial charge on any atom is -0.350 e. The summed E-state index contributed by atoms with van der Waals surface area (Å²) < 4.78 is 0. The Morgan fingerprint density at radius 2 is 1.66 bits per heavy atom. The van der Waals surface area contributed by atoms with Crippen molar-refractivity contribution in [2.24, 2.45) is 0 Å². The fourth-order valence-electron chi connectivity index (χ4n) is 2.80. The van der Waals surface area contributed by atoms with Crippen LogP contribution in [0.4, 0.5) is 0 Å². The lowest BCUT2D eigenvalue weighted by Crippen LogP contribution is -2.52. The highest BCUT2D eigenvalue weighted by Gasteiger charge is 2.29. The minimum absolute atomic E-state index is 0.0814. The molecule has 156 valence electrons. The first-order valence-electron chi connectivity index (χ1n) is 9.27. The Morgan fingerprint density at radius 1 is 1.00 bits per heavy atom. The summed E-state index contributed by atoms with van der Waals surface area (Å²) >= 11 is 18.5. The summed E-state index contributed by atoms with van der Waals surface area (Å²) in [6.07, 6.45) is 0.0814. The predicted molar refractivity (Wildman–Crippen MR) is 120 cm³/mol. The smallest absolute Gasteiger partial charge is 0.242 e. The molecule has 2 aromatic rings. The fraction of sp³-hybridized carbons (Fsp3) is 0.364. The number of hydrogen-bond donors (Lipinski definition) is 1. The molecule has 1 atom stereocenters. The number of rotatable bonds is 6. The van der Waals surface area contributed by atoms with E-state index in [9.17, 15) is 9.59 Å². The van der Waals surface area contributed by atoms with Gasteiger partial charge >= 0.3 is 0 Å². The van der Waals surface area contributed by atoms with Gasteiger partial charge in [0.15, 0.2) is 0 Å². The number of halogens is 3. The molecular weight excluding hydrogens is 431 g/mol. The monoisotopic (exact) mass is 454 g/mol. The molecule has 7 heteroatoms. The van der Waals surface area contributed by atoms with Gasteiger partial charge in [-0.2, -0.15) is 0 Å². The highest BCUT2D eigenvalue weighted by atomic mass is 35.5. The van der Waals surface area contributed by atoms with E-state index in [0.29, 0.717) is 26.2 Å². The topological polar surface area (TPSA) is 49.4 Å². The molecule has 0 radical (unpaired) electrons. The highest BCUT2D eigenvalue weighted by Crippen LogP contribution is 2.24. The van der Waals surface area contributed by atoms with Crippen LogP contribution in [0.25, 0.3) is 0 Å². The molecule has 0 aliphatic rings. The molecule has 2 aromatic carbocycles. The lowest BCUT2D eigenvalue weighted by Gasteiger charge is -2.32. The van der Waals surface area contributed by atoms with E-state index in [1.165, 1.54) is 4.90 Å². The van der Waals surface area contributed by atoms with Gasteiger partial charge in [0.05, 0.1) is 6.42 Å². The van der Waals surface area contributed by atoms with Gasteiger partial charge in [-0.05, 0) is 57.0 Å². The van der Waals surface area contributed by atoms with Gasteiger partial charge < -0.3 is 10.2 Å². The van der Waals surface area contributed by atoms with E-state index in [1.54, 1.807) is 43.3 Å². The molecule has 1 N–H and O–H groups in total. The Kier molecular flexibility index (Phi) is 7.98. The first-order valence-corrected chi connectivity index (χ1v) is 10.4. The van der Waals surface area contributed by atoms with E-state index >= 15 is 0 Å². The van der Waals surface area contributed by atoms with E-state index in [-0.39, 0.29) is 24.8 Å². The maximum atomic E-state index is 13.2. The summed E-state index contributed by atoms with van der Waals surface area (Å²) in [7, 11) is 0. The summed E-state index contributed by atoms with van der Waals surface area (Å²) in [5.74, 6) is -0.462. The van der Waals surface area contributed by atoms with E-state index in [4.69, 9.17) is 34.8 Å². The van der Waals surface area contributed by atoms with Crippen LogP contribution >= 0.6 is 34.8 Å². The highest BCUT2D eigenvalue weighted by molar-refractivity contribution is 6.35. The van der Waals surface area contributed by atoms with Gasteiger partial charge in [-0.1, -0.05) is 59.1 Å². The molecule has 0 heterocycles. The molecule has 0 fully saturated rings. The quantitative estimate of drug-likeness (QED) is 0.623. The average molecular weight is 456 g/mol. The molecule has 4 nitrogen and oxygen atoms in total. The maximum Gasteiger partial charge on any atom is 0.242 e. The number of carbonyl (C=O) groups excluding carboxylic acids is 2. The molecule has 0 aromatic heterocycles. The third-order valence-corrected chi connectivity index (χ3v) is 5.28. The third kappa shape index (κ3) is 6.91. The van der Waals surface area contributed by atoms with Gasteiger partial charge in [-0.25, -0.2) is 0 Å². The van der Waals surface area contributed by atoms with E-state index < -0.39 is 11.6 Å². The van der Waals surface area contributed by atoms with Crippen molar-refractivity contribution in [2.75, 3.05) is 0 Å². The molecule has 0 spiro atoms. The molecule has 2 amide bonds. The first-order chi connectivity index (χ1) is 13.5. The predicted octanol–water partition coefficient (Wildman–Crippen LogP) is 5.52. The molecule has 0 saturated heterocycles. The normalized spacial score (nSPS) is 12.4. The second-order valence-corrected chi connectivity index (χ2v) is 9.19. The number of nitrogens with one attached hydrogen (secondary N) is 1. The number of nitrogens with zero attached hydrogens (tertiary/aromatic N) is 1. The Hall–Kier alpha value is -1.75. The maximum absolute atomic E-state index is 13.2. The second kappa shape index (κ2) is 9.84. The van der Waals surface area contributed by atoms with Crippen LogP contribution in [0.1, 0.15) is 38.8 Å². The summed E-state index contributed by atoms with van der Waals surface area (Å²) in [5, 5.41) is 4.38. The van der Waals surface area contributed by atoms with Gasteiger partial charge in [0, 0.05) is 27.2 Å². The Labute approximate surface area is 187 Å². The van der Waals surface area contributed by atoms with Crippen molar-refractivity contribution in [1.29, 1.82) is 0 Å². The van der Waals surface area contributed by atoms with Crippen molar-refractivity contribution in [1.82, 2.24) is 10.2 Å². The Bertz CT molecular complexity index is 894. The second-order valence-electron chi connectivity index (χ2n) is 7.94. The van der Waals surface area contributed by atoms with Crippen molar-refractivity contribution in [3.63, 3.8) is 0 Å². The van der Waals surface area contributed by atoms with Crippen molar-refractivity contribution in [2.45, 2.75) is 52.2 Å². The lowest BCUT2D eigenvalue weighted by atomic mass is 10.1. The van der Waals surface area contributed by atoms with E-state index in [0.717, 1.165) is 0 Å². The van der Waals surface area contributed by atoms with Crippen LogP contribution < -0.4 is 5.32 Å². The number of carbonyl (C=O) groups is 2. The van der Waals surface area contributed by atoms with Crippen LogP contribution in [0.3, 0.4) is 0 Å². The van der Waals surface area contributed by atoms with Crippen LogP contribution in [0.2, 0.25) is 15.1 Å². The van der Waals surface area contributed by atoms with Gasteiger partial charge in [-0.3, -0.25) is 9.59 Å². The average Bonchev–Trinajstić information content (AvgIpc) is 2.61. The van der Waals surface area contributed by atoms with Gasteiger partial charge in [0.1, 0.15) is 6.04 Å². The van der Waals surface area contributed by atoms with Crippen LogP contribution in [-0.2, 0) is 22.6 Å². The molecule has 0 unspecified atom stereocenters. The molecule has 2 rings (SSSR count). The molecule has 0 bridgehead atoms. The zero-order valence-electron chi connectivity index (χ0n) is 16.9. The van der Waals surface area contributed by atoms with Crippen LogP contribution in [0.15, 0.2) is 42.5 Å². The van der Waals surface area contributed by atoms with Gasteiger partial charge in [0.2, 0.25) is 11.8 Å². The third-order valence-electron chi connectivity index (χ3n) is 4.32. The number of amides is 2. The summed E-state index contributed by atoms with van der Waals surface area (Å²) in [5.41, 5.74) is 0.995. The minimum atomic E-state index is -0.698. The van der Waals surface area contributed by atoms with Crippen molar-refractivity contribution in [3.05, 3.63) is 68.7 Å². The summed E-state index contributed by atoms with van der Waals surface area (Å²) in [4.78, 5) is 27.5. The van der Waals surface area contributed by atoms with Crippen molar-refractivity contribution in [3.8, 4) is 0 Å². The van der Waals surface area contributed by atoms with E-state index in [2.05, 4.69) is 5.32 Å². The number of hydrogen-bond acceptors (Lipinski definition) is 2. The molecule has 0 aliphatic carbocycles. The summed E-state index contributed by atoms with van der Waals surface area (Å²) in [6, 6.07) is 11.6. The Balaban J connectivity index is 2.32. The molecule has 0 aliphatic heterocycles. The largest absolute Gasteiger partial charge is 0.350 e. The van der Waals surface area contributed by atoms with E-state index in [1.807, 2.05) is 26.8 Å². The SMILES string of the molecule is C[C@@H](C(=O)NC(C)(C)C)N(Cc1ccc(Cl)cc1Cl)C(=O)Cc1ccccc1Cl. The molecule has 0 saturated carbocycles. The molecular formula is C22H25Cl3N2O2. The van der Waals surface area contributed by atoms with Gasteiger partial charge in [0.25, 0.3) is 0 Å². The van der Waals surface area contributed by atoms with Crippen LogP contribution in [0.5, 0.6) is 0 Å². The zero-order valence-corrected chi connectivity index (χ0v) is 19.2. The lowest BCUT2D eigenvalue weighted by molar-refractivity contribution is -0.140. The number of benzene rings is 2. The van der Waals surface area contributed by atoms with Crippen molar-refractivity contribution < 1.29 is 9.59 Å². The zero-order chi connectivity index (χ0) is 21.8. The Morgan fingerprint density at radius 3 is 2.24 bits per heavy atom. The molecule has 29 heavy (non-hydrogen) atoms. The first kappa shape index (κ1) is 23.5. The summed E-state index contributed by atoms with van der Waals surface area (Å²) in [6.45, 7) is 7.56. The van der Waals surface area contributed by atoms with Crippen LogP contribution in [-0.4, -0.2) is 28.3 Å². The van der Waals surface area contributed by atoms with Gasteiger partial charge in [-0.15, -0.1) is 0 Å². The fourth-order valence-corrected chi connectivity index (χ4v) is 3.47. The van der Waals surface area contributed by atoms with Crippen molar-refractivity contribution >= 4 is 46.6 Å².